The Morgan fingerprint density at radius 2 is 2.25 bits per heavy atom. The molecule has 0 aliphatic heterocycles. The van der Waals surface area contributed by atoms with E-state index in [4.69, 9.17) is 0 Å². The summed E-state index contributed by atoms with van der Waals surface area (Å²) in [6, 6.07) is 4.81. The fraction of sp³-hybridized carbons (Fsp3) is 0.182. The van der Waals surface area contributed by atoms with Crippen molar-refractivity contribution in [3.63, 3.8) is 0 Å². The van der Waals surface area contributed by atoms with Crippen LogP contribution in [0.2, 0.25) is 0 Å². The monoisotopic (exact) mass is 239 g/mol. The standard InChI is InChI=1S/C11H10FNO2S/c1-6-9-7(12)4-3-5-8(9)16-10(6)11(14)13-15-2/h3-5H,1-2H3,(H,13,14). The zero-order valence-corrected chi connectivity index (χ0v) is 9.65. The van der Waals surface area contributed by atoms with Gasteiger partial charge >= 0.3 is 0 Å². The lowest BCUT2D eigenvalue weighted by molar-refractivity contribution is 0.0541. The van der Waals surface area contributed by atoms with Gasteiger partial charge in [0.2, 0.25) is 0 Å². The molecule has 0 aliphatic carbocycles. The Morgan fingerprint density at radius 1 is 1.50 bits per heavy atom. The van der Waals surface area contributed by atoms with E-state index in [1.54, 1.807) is 19.1 Å². The van der Waals surface area contributed by atoms with Crippen molar-refractivity contribution in [2.75, 3.05) is 7.11 Å². The van der Waals surface area contributed by atoms with Crippen molar-refractivity contribution in [1.82, 2.24) is 5.48 Å². The highest BCUT2D eigenvalue weighted by Gasteiger charge is 2.17. The minimum absolute atomic E-state index is 0.303. The maximum absolute atomic E-state index is 13.6. The Bertz CT molecular complexity index is 550. The molecule has 0 aliphatic rings. The topological polar surface area (TPSA) is 38.3 Å². The Kier molecular flexibility index (Phi) is 2.89. The molecule has 84 valence electrons. The smallest absolute Gasteiger partial charge is 0.277 e. The number of aryl methyl sites for hydroxylation is 1. The van der Waals surface area contributed by atoms with E-state index in [-0.39, 0.29) is 11.7 Å². The lowest BCUT2D eigenvalue weighted by Crippen LogP contribution is -2.21. The zero-order valence-electron chi connectivity index (χ0n) is 8.83. The molecule has 0 saturated carbocycles. The predicted octanol–water partition coefficient (Wildman–Crippen LogP) is 2.64. The molecule has 0 bridgehead atoms. The summed E-state index contributed by atoms with van der Waals surface area (Å²) in [6.07, 6.45) is 0. The van der Waals surface area contributed by atoms with Crippen molar-refractivity contribution >= 4 is 27.3 Å². The number of halogens is 1. The van der Waals surface area contributed by atoms with Crippen LogP contribution in [-0.4, -0.2) is 13.0 Å². The number of fused-ring (bicyclic) bond motifs is 1. The minimum atomic E-state index is -0.347. The molecule has 2 aromatic rings. The maximum Gasteiger partial charge on any atom is 0.285 e. The van der Waals surface area contributed by atoms with Crippen LogP contribution < -0.4 is 5.48 Å². The van der Waals surface area contributed by atoms with E-state index in [2.05, 4.69) is 10.3 Å². The van der Waals surface area contributed by atoms with Gasteiger partial charge in [-0.05, 0) is 24.6 Å². The van der Waals surface area contributed by atoms with E-state index in [0.717, 1.165) is 4.70 Å². The van der Waals surface area contributed by atoms with E-state index in [1.807, 2.05) is 0 Å². The molecular formula is C11H10FNO2S. The first-order valence-corrected chi connectivity index (χ1v) is 5.47. The lowest BCUT2D eigenvalue weighted by atomic mass is 10.1. The fourth-order valence-corrected chi connectivity index (χ4v) is 2.72. The number of carbonyl (C=O) groups is 1. The number of hydroxylamine groups is 1. The average molecular weight is 239 g/mol. The van der Waals surface area contributed by atoms with Gasteiger partial charge < -0.3 is 0 Å². The van der Waals surface area contributed by atoms with Gasteiger partial charge in [0.05, 0.1) is 12.0 Å². The largest absolute Gasteiger partial charge is 0.285 e. The van der Waals surface area contributed by atoms with Crippen molar-refractivity contribution in [3.05, 3.63) is 34.5 Å². The number of rotatable bonds is 2. The van der Waals surface area contributed by atoms with Crippen LogP contribution >= 0.6 is 11.3 Å². The maximum atomic E-state index is 13.6. The van der Waals surface area contributed by atoms with Gasteiger partial charge in [0, 0.05) is 10.1 Å². The quantitative estimate of drug-likeness (QED) is 0.818. The first-order chi connectivity index (χ1) is 7.65. The van der Waals surface area contributed by atoms with E-state index < -0.39 is 0 Å². The molecular weight excluding hydrogens is 229 g/mol. The van der Waals surface area contributed by atoms with Crippen molar-refractivity contribution in [3.8, 4) is 0 Å². The summed E-state index contributed by atoms with van der Waals surface area (Å²) < 4.78 is 14.3. The van der Waals surface area contributed by atoms with Gasteiger partial charge in [-0.2, -0.15) is 0 Å². The van der Waals surface area contributed by atoms with Crippen LogP contribution in [0.3, 0.4) is 0 Å². The normalized spacial score (nSPS) is 10.7. The summed E-state index contributed by atoms with van der Waals surface area (Å²) in [7, 11) is 1.36. The Morgan fingerprint density at radius 3 is 2.88 bits per heavy atom. The van der Waals surface area contributed by atoms with Crippen LogP contribution in [0.25, 0.3) is 10.1 Å². The second kappa shape index (κ2) is 4.19. The van der Waals surface area contributed by atoms with Gasteiger partial charge in [-0.25, -0.2) is 9.87 Å². The summed E-state index contributed by atoms with van der Waals surface area (Å²) >= 11 is 1.25. The number of carbonyl (C=O) groups excluding carboxylic acids is 1. The average Bonchev–Trinajstić information content (AvgIpc) is 2.58. The van der Waals surface area contributed by atoms with Gasteiger partial charge in [0.15, 0.2) is 0 Å². The Hall–Kier alpha value is -1.46. The van der Waals surface area contributed by atoms with E-state index in [1.165, 1.54) is 24.5 Å². The summed E-state index contributed by atoms with van der Waals surface area (Å²) in [6.45, 7) is 1.73. The SMILES string of the molecule is CONC(=O)c1sc2cccc(F)c2c1C. The molecule has 1 aromatic heterocycles. The highest BCUT2D eigenvalue weighted by molar-refractivity contribution is 7.21. The molecule has 0 unspecified atom stereocenters. The number of amides is 1. The van der Waals surface area contributed by atoms with Gasteiger partial charge in [0.1, 0.15) is 5.82 Å². The van der Waals surface area contributed by atoms with E-state index in [9.17, 15) is 9.18 Å². The van der Waals surface area contributed by atoms with Gasteiger partial charge in [-0.15, -0.1) is 11.3 Å². The van der Waals surface area contributed by atoms with Crippen molar-refractivity contribution in [2.24, 2.45) is 0 Å². The summed E-state index contributed by atoms with van der Waals surface area (Å²) in [5.41, 5.74) is 2.88. The van der Waals surface area contributed by atoms with Crippen LogP contribution in [0.15, 0.2) is 18.2 Å². The number of hydrogen-bond donors (Lipinski definition) is 1. The van der Waals surface area contributed by atoms with Crippen LogP contribution in [-0.2, 0) is 4.84 Å². The molecule has 1 aromatic carbocycles. The van der Waals surface area contributed by atoms with Gasteiger partial charge in [-0.3, -0.25) is 9.63 Å². The minimum Gasteiger partial charge on any atom is -0.277 e. The van der Waals surface area contributed by atoms with Crippen molar-refractivity contribution < 1.29 is 14.0 Å². The third-order valence-electron chi connectivity index (χ3n) is 2.30. The molecule has 1 heterocycles. The van der Waals surface area contributed by atoms with Crippen LogP contribution in [0.5, 0.6) is 0 Å². The van der Waals surface area contributed by atoms with Gasteiger partial charge in [-0.1, -0.05) is 6.07 Å². The van der Waals surface area contributed by atoms with Crippen molar-refractivity contribution in [2.45, 2.75) is 6.92 Å². The van der Waals surface area contributed by atoms with Crippen LogP contribution in [0, 0.1) is 12.7 Å². The van der Waals surface area contributed by atoms with E-state index in [0.29, 0.717) is 15.8 Å². The number of hydrogen-bond acceptors (Lipinski definition) is 3. The first-order valence-electron chi connectivity index (χ1n) is 4.66. The molecule has 0 saturated heterocycles. The second-order valence-corrected chi connectivity index (χ2v) is 4.36. The molecule has 2 rings (SSSR count). The highest BCUT2D eigenvalue weighted by atomic mass is 32.1. The van der Waals surface area contributed by atoms with E-state index >= 15 is 0 Å². The molecule has 16 heavy (non-hydrogen) atoms. The molecule has 0 spiro atoms. The summed E-state index contributed by atoms with van der Waals surface area (Å²) in [4.78, 5) is 16.6. The molecule has 3 nitrogen and oxygen atoms in total. The number of thiophene rings is 1. The third-order valence-corrected chi connectivity index (χ3v) is 3.56. The number of nitrogens with one attached hydrogen (secondary N) is 1. The molecule has 0 fully saturated rings. The summed E-state index contributed by atoms with van der Waals surface area (Å²) in [5, 5.41) is 0.508. The second-order valence-electron chi connectivity index (χ2n) is 3.30. The molecule has 0 radical (unpaired) electrons. The van der Waals surface area contributed by atoms with Crippen LogP contribution in [0.1, 0.15) is 15.2 Å². The molecule has 1 amide bonds. The molecule has 1 N–H and O–H groups in total. The van der Waals surface area contributed by atoms with Crippen LogP contribution in [0.4, 0.5) is 4.39 Å². The molecule has 5 heteroatoms. The highest BCUT2D eigenvalue weighted by Crippen LogP contribution is 2.32. The zero-order chi connectivity index (χ0) is 11.7. The Balaban J connectivity index is 2.61. The first kappa shape index (κ1) is 11.0. The molecule has 0 atom stereocenters. The number of benzene rings is 1. The Labute approximate surface area is 95.8 Å². The van der Waals surface area contributed by atoms with Gasteiger partial charge in [0.25, 0.3) is 5.91 Å². The fourth-order valence-electron chi connectivity index (χ4n) is 1.61. The predicted molar refractivity (Wildman–Crippen MR) is 61.0 cm³/mol. The summed E-state index contributed by atoms with van der Waals surface area (Å²) in [5.74, 6) is -0.650. The third kappa shape index (κ3) is 1.68. The lowest BCUT2D eigenvalue weighted by Gasteiger charge is -1.99. The van der Waals surface area contributed by atoms with Crippen molar-refractivity contribution in [1.29, 1.82) is 0 Å².